The average molecular weight is 516 g/mol. The summed E-state index contributed by atoms with van der Waals surface area (Å²) in [6, 6.07) is 6.77. The van der Waals surface area contributed by atoms with Gasteiger partial charge in [0.1, 0.15) is 0 Å². The van der Waals surface area contributed by atoms with E-state index < -0.39 is 74.6 Å². The largest absolute Gasteiger partial charge is 0.478 e. The van der Waals surface area contributed by atoms with E-state index in [1.54, 1.807) is 0 Å². The summed E-state index contributed by atoms with van der Waals surface area (Å²) in [5.74, 6) is -10.2. The van der Waals surface area contributed by atoms with Gasteiger partial charge in [-0.15, -0.1) is 0 Å². The van der Waals surface area contributed by atoms with Gasteiger partial charge in [-0.05, 0) is 55.9 Å². The van der Waals surface area contributed by atoms with Crippen LogP contribution < -0.4 is 0 Å². The van der Waals surface area contributed by atoms with E-state index in [1.165, 1.54) is 18.2 Å². The number of fused-ring (bicyclic) bond motifs is 2. The molecule has 6 N–H and O–H groups in total. The third-order valence-electron chi connectivity index (χ3n) is 6.48. The van der Waals surface area contributed by atoms with Gasteiger partial charge in [-0.3, -0.25) is 0 Å². The van der Waals surface area contributed by atoms with Crippen molar-refractivity contribution >= 4 is 78.9 Å². The Labute approximate surface area is 208 Å². The summed E-state index contributed by atoms with van der Waals surface area (Å²) in [5, 5.41) is 58.2. The molecule has 0 heterocycles. The van der Waals surface area contributed by atoms with Crippen LogP contribution in [0, 0.1) is 0 Å². The quantitative estimate of drug-likeness (QED) is 0.139. The normalized spacial score (nSPS) is 11.4. The molecule has 0 saturated carbocycles. The summed E-state index contributed by atoms with van der Waals surface area (Å²) >= 11 is 0. The first-order chi connectivity index (χ1) is 17.9. The second kappa shape index (κ2) is 7.86. The number of benzene rings is 5. The zero-order valence-electron chi connectivity index (χ0n) is 18.6. The van der Waals surface area contributed by atoms with E-state index in [0.717, 1.165) is 18.2 Å². The molecule has 38 heavy (non-hydrogen) atoms. The minimum atomic E-state index is -1.77. The molecule has 0 aliphatic rings. The molecule has 0 bridgehead atoms. The summed E-state index contributed by atoms with van der Waals surface area (Å²) in [6.07, 6.45) is 0. The first-order valence-electron chi connectivity index (χ1n) is 10.5. The smallest absolute Gasteiger partial charge is 0.337 e. The fourth-order valence-electron chi connectivity index (χ4n) is 5.17. The molecule has 0 fully saturated rings. The number of aromatic carboxylic acids is 6. The van der Waals surface area contributed by atoms with Crippen LogP contribution in [0.5, 0.6) is 0 Å². The van der Waals surface area contributed by atoms with Gasteiger partial charge in [0.05, 0.1) is 33.4 Å². The Hall–Kier alpha value is -5.78. The van der Waals surface area contributed by atoms with Crippen LogP contribution in [-0.4, -0.2) is 66.5 Å². The summed E-state index contributed by atoms with van der Waals surface area (Å²) in [7, 11) is 0. The maximum Gasteiger partial charge on any atom is 0.337 e. The highest BCUT2D eigenvalue weighted by atomic mass is 16.4. The zero-order valence-corrected chi connectivity index (χ0v) is 18.6. The van der Waals surface area contributed by atoms with Crippen molar-refractivity contribution < 1.29 is 59.4 Å². The van der Waals surface area contributed by atoms with Crippen LogP contribution in [0.25, 0.3) is 43.1 Å². The number of hydrogen-bond acceptors (Lipinski definition) is 6. The zero-order chi connectivity index (χ0) is 27.8. The number of carboxylic acid groups (broad SMARTS) is 6. The molecule has 0 aromatic heterocycles. The molecule has 0 radical (unpaired) electrons. The van der Waals surface area contributed by atoms with Gasteiger partial charge in [0, 0.05) is 5.39 Å². The van der Waals surface area contributed by atoms with Crippen LogP contribution >= 0.6 is 0 Å². The fourth-order valence-corrected chi connectivity index (χ4v) is 5.17. The van der Waals surface area contributed by atoms with Crippen LogP contribution in [0.1, 0.15) is 62.1 Å². The van der Waals surface area contributed by atoms with Crippen molar-refractivity contribution in [3.8, 4) is 0 Å². The van der Waals surface area contributed by atoms with Crippen LogP contribution in [0.15, 0.2) is 36.4 Å². The van der Waals surface area contributed by atoms with Crippen LogP contribution in [0.3, 0.4) is 0 Å². The van der Waals surface area contributed by atoms with Gasteiger partial charge in [-0.1, -0.05) is 18.2 Å². The third-order valence-corrected chi connectivity index (χ3v) is 6.48. The SMILES string of the molecule is O=C(O)c1cc2c3c(C(=O)O)c(C(=O)O)cc4c(C(=O)O)c(C(=O)O)cc(c5cccc(c1C(=O)O)c52)c43. The summed E-state index contributed by atoms with van der Waals surface area (Å²) in [6.45, 7) is 0. The molecule has 12 nitrogen and oxygen atoms in total. The van der Waals surface area contributed by atoms with Crippen molar-refractivity contribution in [3.63, 3.8) is 0 Å². The molecular formula is C26H12O12. The van der Waals surface area contributed by atoms with Gasteiger partial charge in [0.15, 0.2) is 0 Å². The predicted octanol–water partition coefficient (Wildman–Crippen LogP) is 3.93. The van der Waals surface area contributed by atoms with Crippen molar-refractivity contribution in [3.05, 3.63) is 69.8 Å². The summed E-state index contributed by atoms with van der Waals surface area (Å²) < 4.78 is 0. The van der Waals surface area contributed by atoms with Gasteiger partial charge < -0.3 is 30.6 Å². The average Bonchev–Trinajstić information content (AvgIpc) is 2.84. The lowest BCUT2D eigenvalue weighted by atomic mass is 9.81. The minimum Gasteiger partial charge on any atom is -0.478 e. The van der Waals surface area contributed by atoms with E-state index in [-0.39, 0.29) is 37.7 Å². The molecule has 0 unspecified atom stereocenters. The van der Waals surface area contributed by atoms with Crippen LogP contribution in [-0.2, 0) is 0 Å². The molecule has 12 heteroatoms. The van der Waals surface area contributed by atoms with Crippen molar-refractivity contribution in [1.82, 2.24) is 0 Å². The standard InChI is InChI=1S/C26H12O12/c27-21(28)12-4-9-7-2-1-3-8-15(7)10(5-13(22(29)30)17(8)24(33)34)19-16(9)11(18(12)25(35)36)6-14(23(31)32)20(19)26(37)38/h1-6H,(H,27,28)(H,29,30)(H,31,32)(H,33,34)(H,35,36)(H,37,38). The molecule has 5 rings (SSSR count). The van der Waals surface area contributed by atoms with Gasteiger partial charge in [0.2, 0.25) is 0 Å². The van der Waals surface area contributed by atoms with E-state index >= 15 is 0 Å². The van der Waals surface area contributed by atoms with Gasteiger partial charge >= 0.3 is 35.8 Å². The highest BCUT2D eigenvalue weighted by Gasteiger charge is 2.31. The predicted molar refractivity (Wildman–Crippen MR) is 129 cm³/mol. The molecule has 5 aromatic carbocycles. The fraction of sp³-hybridized carbons (Fsp3) is 0. The Morgan fingerprint density at radius 3 is 1.32 bits per heavy atom. The number of carboxylic acids is 6. The summed E-state index contributed by atoms with van der Waals surface area (Å²) in [5.41, 5.74) is -4.53. The molecule has 0 amide bonds. The van der Waals surface area contributed by atoms with E-state index in [4.69, 9.17) is 0 Å². The van der Waals surface area contributed by atoms with Gasteiger partial charge in [-0.2, -0.15) is 0 Å². The van der Waals surface area contributed by atoms with Gasteiger partial charge in [0.25, 0.3) is 0 Å². The van der Waals surface area contributed by atoms with Crippen molar-refractivity contribution in [2.75, 3.05) is 0 Å². The van der Waals surface area contributed by atoms with E-state index in [1.807, 2.05) is 0 Å². The molecule has 5 aromatic rings. The lowest BCUT2D eigenvalue weighted by Crippen LogP contribution is -2.14. The van der Waals surface area contributed by atoms with E-state index in [9.17, 15) is 59.4 Å². The number of carbonyl (C=O) groups is 6. The maximum absolute atomic E-state index is 12.4. The third kappa shape index (κ3) is 3.03. The van der Waals surface area contributed by atoms with E-state index in [2.05, 4.69) is 0 Å². The lowest BCUT2D eigenvalue weighted by molar-refractivity contribution is 0.0651. The van der Waals surface area contributed by atoms with E-state index in [0.29, 0.717) is 0 Å². The van der Waals surface area contributed by atoms with Crippen molar-refractivity contribution in [2.24, 2.45) is 0 Å². The molecular weight excluding hydrogens is 504 g/mol. The lowest BCUT2D eigenvalue weighted by Gasteiger charge is -2.20. The second-order valence-electron chi connectivity index (χ2n) is 8.35. The highest BCUT2D eigenvalue weighted by Crippen LogP contribution is 2.46. The molecule has 0 atom stereocenters. The summed E-state index contributed by atoms with van der Waals surface area (Å²) in [4.78, 5) is 73.0. The number of hydrogen-bond donors (Lipinski definition) is 6. The van der Waals surface area contributed by atoms with Gasteiger partial charge in [-0.25, -0.2) is 28.8 Å². The molecule has 188 valence electrons. The molecule has 0 aliphatic heterocycles. The monoisotopic (exact) mass is 516 g/mol. The minimum absolute atomic E-state index is 0.00866. The number of rotatable bonds is 6. The van der Waals surface area contributed by atoms with Crippen molar-refractivity contribution in [1.29, 1.82) is 0 Å². The van der Waals surface area contributed by atoms with Crippen LogP contribution in [0.4, 0.5) is 0 Å². The van der Waals surface area contributed by atoms with Crippen LogP contribution in [0.2, 0.25) is 0 Å². The first kappa shape index (κ1) is 23.9. The molecule has 0 aliphatic carbocycles. The Balaban J connectivity index is 2.32. The Morgan fingerprint density at radius 2 is 0.816 bits per heavy atom. The second-order valence-corrected chi connectivity index (χ2v) is 8.35. The Bertz CT molecular complexity index is 1970. The Kier molecular flexibility index (Phi) is 4.95. The highest BCUT2D eigenvalue weighted by molar-refractivity contribution is 6.40. The maximum atomic E-state index is 12.4. The molecule has 0 spiro atoms. The first-order valence-corrected chi connectivity index (χ1v) is 10.5. The topological polar surface area (TPSA) is 224 Å². The van der Waals surface area contributed by atoms with Crippen molar-refractivity contribution in [2.45, 2.75) is 0 Å². The molecule has 0 saturated heterocycles. The Morgan fingerprint density at radius 1 is 0.395 bits per heavy atom.